The van der Waals surface area contributed by atoms with Crippen molar-refractivity contribution in [2.45, 2.75) is 19.4 Å². The van der Waals surface area contributed by atoms with Crippen LogP contribution < -0.4 is 10.6 Å². The van der Waals surface area contributed by atoms with Crippen molar-refractivity contribution >= 4 is 16.5 Å². The Morgan fingerprint density at radius 1 is 1.18 bits per heavy atom. The molecule has 2 N–H and O–H groups in total. The molecule has 88 valence electrons. The number of rotatable bonds is 1. The van der Waals surface area contributed by atoms with E-state index >= 15 is 0 Å². The Kier molecular flexibility index (Phi) is 2.52. The summed E-state index contributed by atoms with van der Waals surface area (Å²) in [6.45, 7) is 4.24. The van der Waals surface area contributed by atoms with Gasteiger partial charge in [-0.15, -0.1) is 0 Å². The maximum Gasteiger partial charge on any atom is 0.0449 e. The summed E-state index contributed by atoms with van der Waals surface area (Å²) in [5, 5.41) is 2.70. The summed E-state index contributed by atoms with van der Waals surface area (Å²) < 4.78 is 0. The van der Waals surface area contributed by atoms with Gasteiger partial charge < -0.3 is 10.6 Å². The number of fused-ring (bicyclic) bond motifs is 1. The van der Waals surface area contributed by atoms with Crippen LogP contribution in [0.15, 0.2) is 36.4 Å². The minimum absolute atomic E-state index is 0.328. The summed E-state index contributed by atoms with van der Waals surface area (Å²) in [7, 11) is 0. The largest absolute Gasteiger partial charge is 0.369 e. The minimum atomic E-state index is 0.328. The first-order chi connectivity index (χ1) is 8.25. The van der Waals surface area contributed by atoms with Gasteiger partial charge in [-0.05, 0) is 30.4 Å². The number of hydrogen-bond donors (Lipinski definition) is 1. The van der Waals surface area contributed by atoms with E-state index in [9.17, 15) is 0 Å². The topological polar surface area (TPSA) is 29.3 Å². The van der Waals surface area contributed by atoms with E-state index in [4.69, 9.17) is 5.73 Å². The zero-order valence-corrected chi connectivity index (χ0v) is 10.2. The third-order valence-electron chi connectivity index (χ3n) is 3.66. The fourth-order valence-corrected chi connectivity index (χ4v) is 2.78. The molecule has 1 fully saturated rings. The molecule has 1 atom stereocenters. The van der Waals surface area contributed by atoms with Crippen molar-refractivity contribution in [2.75, 3.05) is 18.0 Å². The van der Waals surface area contributed by atoms with Crippen LogP contribution in [0.2, 0.25) is 0 Å². The maximum atomic E-state index is 6.00. The number of nitrogens with two attached hydrogens (primary N) is 1. The Hall–Kier alpha value is -1.54. The molecular formula is C15H18N2. The van der Waals surface area contributed by atoms with Gasteiger partial charge in [0.15, 0.2) is 0 Å². The number of benzene rings is 2. The van der Waals surface area contributed by atoms with Crippen LogP contribution in [0.4, 0.5) is 5.69 Å². The number of nitrogens with zero attached hydrogens (tertiary/aromatic N) is 1. The third kappa shape index (κ3) is 1.79. The van der Waals surface area contributed by atoms with Crippen molar-refractivity contribution in [3.05, 3.63) is 42.0 Å². The second kappa shape index (κ2) is 4.04. The first-order valence-corrected chi connectivity index (χ1v) is 6.24. The van der Waals surface area contributed by atoms with E-state index in [0.29, 0.717) is 6.04 Å². The molecule has 0 aromatic heterocycles. The molecular weight excluding hydrogens is 208 g/mol. The summed E-state index contributed by atoms with van der Waals surface area (Å²) >= 11 is 0. The first kappa shape index (κ1) is 10.6. The van der Waals surface area contributed by atoms with E-state index in [1.165, 1.54) is 22.0 Å². The molecule has 2 aromatic rings. The monoisotopic (exact) mass is 226 g/mol. The summed E-state index contributed by atoms with van der Waals surface area (Å²) in [5.41, 5.74) is 8.69. The molecule has 2 aromatic carbocycles. The molecule has 17 heavy (non-hydrogen) atoms. The molecule has 0 radical (unpaired) electrons. The molecule has 2 heteroatoms. The summed E-state index contributed by atoms with van der Waals surface area (Å²) in [6, 6.07) is 13.4. The summed E-state index contributed by atoms with van der Waals surface area (Å²) in [6.07, 6.45) is 1.10. The first-order valence-electron chi connectivity index (χ1n) is 6.24. The fraction of sp³-hybridized carbons (Fsp3) is 0.333. The molecule has 3 rings (SSSR count). The SMILES string of the molecule is Cc1cccc2cccc(N3CC[C@H](N)C3)c12. The highest BCUT2D eigenvalue weighted by atomic mass is 15.2. The predicted octanol–water partition coefficient (Wildman–Crippen LogP) is 2.69. The second-order valence-electron chi connectivity index (χ2n) is 4.94. The average Bonchev–Trinajstić information content (AvgIpc) is 2.75. The van der Waals surface area contributed by atoms with Crippen LogP contribution in [-0.2, 0) is 0 Å². The van der Waals surface area contributed by atoms with Gasteiger partial charge in [-0.3, -0.25) is 0 Å². The molecule has 0 aliphatic carbocycles. The lowest BCUT2D eigenvalue weighted by Crippen LogP contribution is -2.26. The van der Waals surface area contributed by atoms with Crippen LogP contribution in [0.1, 0.15) is 12.0 Å². The van der Waals surface area contributed by atoms with Crippen molar-refractivity contribution in [1.82, 2.24) is 0 Å². The number of aryl methyl sites for hydroxylation is 1. The van der Waals surface area contributed by atoms with E-state index in [1.54, 1.807) is 0 Å². The molecule has 1 saturated heterocycles. The van der Waals surface area contributed by atoms with Gasteiger partial charge in [0.25, 0.3) is 0 Å². The fourth-order valence-electron chi connectivity index (χ4n) is 2.78. The number of anilines is 1. The Bertz CT molecular complexity index is 542. The van der Waals surface area contributed by atoms with Crippen LogP contribution >= 0.6 is 0 Å². The van der Waals surface area contributed by atoms with E-state index < -0.39 is 0 Å². The molecule has 0 unspecified atom stereocenters. The van der Waals surface area contributed by atoms with Gasteiger partial charge in [0.05, 0.1) is 0 Å². The lowest BCUT2D eigenvalue weighted by atomic mass is 10.0. The van der Waals surface area contributed by atoms with E-state index in [2.05, 4.69) is 48.2 Å². The third-order valence-corrected chi connectivity index (χ3v) is 3.66. The van der Waals surface area contributed by atoms with Crippen molar-refractivity contribution in [3.8, 4) is 0 Å². The zero-order valence-electron chi connectivity index (χ0n) is 10.2. The van der Waals surface area contributed by atoms with Crippen LogP contribution in [0, 0.1) is 6.92 Å². The quantitative estimate of drug-likeness (QED) is 0.810. The molecule has 2 nitrogen and oxygen atoms in total. The van der Waals surface area contributed by atoms with Crippen LogP contribution in [0.5, 0.6) is 0 Å². The van der Waals surface area contributed by atoms with Gasteiger partial charge in [-0.25, -0.2) is 0 Å². The van der Waals surface area contributed by atoms with Gasteiger partial charge in [-0.1, -0.05) is 30.3 Å². The van der Waals surface area contributed by atoms with Gasteiger partial charge >= 0.3 is 0 Å². The standard InChI is InChI=1S/C15H18N2/c1-11-4-2-5-12-6-3-7-14(15(11)12)17-9-8-13(16)10-17/h2-7,13H,8-10,16H2,1H3/t13-/m0/s1. The number of hydrogen-bond acceptors (Lipinski definition) is 2. The normalized spacial score (nSPS) is 20.1. The predicted molar refractivity (Wildman–Crippen MR) is 73.5 cm³/mol. The summed E-state index contributed by atoms with van der Waals surface area (Å²) in [5.74, 6) is 0. The Balaban J connectivity index is 2.16. The minimum Gasteiger partial charge on any atom is -0.369 e. The van der Waals surface area contributed by atoms with Gasteiger partial charge in [-0.2, -0.15) is 0 Å². The van der Waals surface area contributed by atoms with Crippen LogP contribution in [-0.4, -0.2) is 19.1 Å². The maximum absolute atomic E-state index is 6.00. The zero-order chi connectivity index (χ0) is 11.8. The van der Waals surface area contributed by atoms with Gasteiger partial charge in [0.2, 0.25) is 0 Å². The molecule has 0 bridgehead atoms. The smallest absolute Gasteiger partial charge is 0.0449 e. The van der Waals surface area contributed by atoms with E-state index in [1.807, 2.05) is 0 Å². The van der Waals surface area contributed by atoms with Gasteiger partial charge in [0.1, 0.15) is 0 Å². The summed E-state index contributed by atoms with van der Waals surface area (Å²) in [4.78, 5) is 2.42. The molecule has 0 spiro atoms. The molecule has 0 amide bonds. The lowest BCUT2D eigenvalue weighted by molar-refractivity contribution is 0.752. The Morgan fingerprint density at radius 3 is 2.65 bits per heavy atom. The van der Waals surface area contributed by atoms with Crippen molar-refractivity contribution in [1.29, 1.82) is 0 Å². The van der Waals surface area contributed by atoms with E-state index in [0.717, 1.165) is 19.5 Å². The van der Waals surface area contributed by atoms with Crippen molar-refractivity contribution in [3.63, 3.8) is 0 Å². The van der Waals surface area contributed by atoms with Crippen LogP contribution in [0.25, 0.3) is 10.8 Å². The van der Waals surface area contributed by atoms with Crippen molar-refractivity contribution < 1.29 is 0 Å². The average molecular weight is 226 g/mol. The highest BCUT2D eigenvalue weighted by Gasteiger charge is 2.20. The molecule has 1 aliphatic heterocycles. The molecule has 1 aliphatic rings. The van der Waals surface area contributed by atoms with E-state index in [-0.39, 0.29) is 0 Å². The van der Waals surface area contributed by atoms with Crippen molar-refractivity contribution in [2.24, 2.45) is 5.73 Å². The second-order valence-corrected chi connectivity index (χ2v) is 4.94. The Labute approximate surface area is 102 Å². The lowest BCUT2D eigenvalue weighted by Gasteiger charge is -2.21. The van der Waals surface area contributed by atoms with Crippen LogP contribution in [0.3, 0.4) is 0 Å². The molecule has 0 saturated carbocycles. The van der Waals surface area contributed by atoms with Gasteiger partial charge in [0, 0.05) is 30.2 Å². The Morgan fingerprint density at radius 2 is 1.94 bits per heavy atom. The highest BCUT2D eigenvalue weighted by molar-refractivity contribution is 5.96. The molecule has 1 heterocycles. The highest BCUT2D eigenvalue weighted by Crippen LogP contribution is 2.31.